The summed E-state index contributed by atoms with van der Waals surface area (Å²) in [6.07, 6.45) is 16.7. The highest BCUT2D eigenvalue weighted by Gasteiger charge is 2.21. The molecule has 7 aromatic carbocycles. The lowest BCUT2D eigenvalue weighted by molar-refractivity contribution is 0.176. The molecule has 0 aliphatic carbocycles. The Morgan fingerprint density at radius 2 is 0.596 bits per heavy atom. The second-order valence-electron chi connectivity index (χ2n) is 23.4. The summed E-state index contributed by atoms with van der Waals surface area (Å²) in [6.45, 7) is 4.50. The second kappa shape index (κ2) is 26.8. The zero-order chi connectivity index (χ0) is 61.4. The van der Waals surface area contributed by atoms with Crippen LogP contribution in [0.1, 0.15) is 81.6 Å². The minimum Gasteiger partial charge on any atom is -0.490 e. The van der Waals surface area contributed by atoms with Gasteiger partial charge in [-0.3, -0.25) is 0 Å². The summed E-state index contributed by atoms with van der Waals surface area (Å²) in [5.74, 6) is 5.32. The molecule has 12 rings (SSSR count). The van der Waals surface area contributed by atoms with E-state index in [-0.39, 0.29) is 6.10 Å². The van der Waals surface area contributed by atoms with Gasteiger partial charge in [0, 0.05) is 104 Å². The van der Waals surface area contributed by atoms with Crippen LogP contribution in [0.25, 0.3) is 90.9 Å². The van der Waals surface area contributed by atoms with Gasteiger partial charge in [-0.15, -0.1) is 0 Å². The van der Waals surface area contributed by atoms with Crippen molar-refractivity contribution in [1.29, 1.82) is 0 Å². The van der Waals surface area contributed by atoms with E-state index in [4.69, 9.17) is 28.9 Å². The molecule has 0 radical (unpaired) electrons. The molecule has 1 unspecified atom stereocenters. The summed E-state index contributed by atoms with van der Waals surface area (Å²) >= 11 is 0. The standard InChI is InChI=1S/C78H77N7O4/c1-9-11-12-13-15-59(14-10-2)86-60-30-16-52(17-31-60)75-67-44-46-69(79-67)76(53-18-32-61(33-19-53)87-64-38-24-56(25-39-64)83(3)4)71-48-50-73(81-71)78(55-22-36-63(37-23-55)89-66-42-28-58(29-43-66)85(7)8)74-51-49-72(82-74)77(70-47-45-68(75)80-70)54-20-34-62(35-21-54)88-65-40-26-57(27-41-65)84(5)6/h16-51,59,79,82H,9-15H2,1-8H3. The van der Waals surface area contributed by atoms with Crippen molar-refractivity contribution in [2.75, 3.05) is 57.0 Å². The largest absolute Gasteiger partial charge is 0.490 e. The van der Waals surface area contributed by atoms with Crippen LogP contribution in [0.4, 0.5) is 17.1 Å². The van der Waals surface area contributed by atoms with E-state index < -0.39 is 0 Å². The van der Waals surface area contributed by atoms with Crippen LogP contribution in [0, 0.1) is 0 Å². The van der Waals surface area contributed by atoms with Gasteiger partial charge in [-0.05, 0) is 211 Å². The first kappa shape index (κ1) is 59.1. The Bertz CT molecular complexity index is 4200. The van der Waals surface area contributed by atoms with Crippen molar-refractivity contribution in [3.63, 3.8) is 0 Å². The predicted molar refractivity (Wildman–Crippen MR) is 371 cm³/mol. The smallest absolute Gasteiger partial charge is 0.127 e. The fraction of sp³-hybridized carbons (Fsp3) is 0.205. The van der Waals surface area contributed by atoms with Crippen molar-refractivity contribution in [3.8, 4) is 84.8 Å². The van der Waals surface area contributed by atoms with Gasteiger partial charge >= 0.3 is 0 Å². The molecule has 11 nitrogen and oxygen atoms in total. The molecule has 2 N–H and O–H groups in total. The highest BCUT2D eigenvalue weighted by atomic mass is 16.5. The molecule has 448 valence electrons. The molecule has 0 amide bonds. The molecule has 3 aromatic heterocycles. The minimum absolute atomic E-state index is 0.168. The monoisotopic (exact) mass is 1180 g/mol. The molecule has 89 heavy (non-hydrogen) atoms. The van der Waals surface area contributed by atoms with Crippen LogP contribution < -0.4 is 33.6 Å². The van der Waals surface area contributed by atoms with Crippen molar-refractivity contribution >= 4 is 63.4 Å². The van der Waals surface area contributed by atoms with Crippen LogP contribution in [0.3, 0.4) is 0 Å². The van der Waals surface area contributed by atoms with Crippen molar-refractivity contribution in [2.24, 2.45) is 0 Å². The number of fused-ring (bicyclic) bond motifs is 8. The van der Waals surface area contributed by atoms with Gasteiger partial charge in [0.05, 0.1) is 28.9 Å². The zero-order valence-corrected chi connectivity index (χ0v) is 52.2. The average Bonchev–Trinajstić information content (AvgIpc) is 1.97. The summed E-state index contributed by atoms with van der Waals surface area (Å²) in [5, 5.41) is 0. The normalized spacial score (nSPS) is 12.0. The molecule has 11 heteroatoms. The first-order valence-corrected chi connectivity index (χ1v) is 31.0. The molecular weight excluding hydrogens is 1100 g/mol. The maximum absolute atomic E-state index is 6.75. The number of unbranched alkanes of at least 4 members (excludes halogenated alkanes) is 3. The number of anilines is 3. The molecule has 2 aliphatic rings. The number of rotatable bonds is 22. The van der Waals surface area contributed by atoms with E-state index in [1.54, 1.807) is 0 Å². The highest BCUT2D eigenvalue weighted by molar-refractivity contribution is 6.00. The van der Waals surface area contributed by atoms with Crippen LogP contribution in [-0.4, -0.2) is 68.3 Å². The molecular formula is C78H77N7O4. The zero-order valence-electron chi connectivity index (χ0n) is 52.2. The van der Waals surface area contributed by atoms with E-state index in [1.165, 1.54) is 25.7 Å². The van der Waals surface area contributed by atoms with E-state index in [9.17, 15) is 0 Å². The average molecular weight is 1180 g/mol. The number of nitrogens with zero attached hydrogens (tertiary/aromatic N) is 5. The molecule has 2 aliphatic heterocycles. The van der Waals surface area contributed by atoms with Gasteiger partial charge in [0.2, 0.25) is 0 Å². The maximum Gasteiger partial charge on any atom is 0.127 e. The number of H-pyrrole nitrogens is 2. The fourth-order valence-corrected chi connectivity index (χ4v) is 11.6. The van der Waals surface area contributed by atoms with E-state index in [0.717, 1.165) is 166 Å². The first-order valence-electron chi connectivity index (χ1n) is 31.0. The van der Waals surface area contributed by atoms with Gasteiger partial charge in [-0.2, -0.15) is 0 Å². The Balaban J connectivity index is 1.04. The number of ether oxygens (including phenoxy) is 4. The summed E-state index contributed by atoms with van der Waals surface area (Å²) in [6, 6.07) is 66.4. The van der Waals surface area contributed by atoms with Gasteiger partial charge in [0.15, 0.2) is 0 Å². The Hall–Kier alpha value is -10.3. The highest BCUT2D eigenvalue weighted by Crippen LogP contribution is 2.41. The number of aromatic nitrogens is 4. The summed E-state index contributed by atoms with van der Waals surface area (Å²) in [5.41, 5.74) is 17.7. The SMILES string of the molecule is CCCCCCC(CCC)Oc1ccc(-c2c3nc(c(-c4ccc(Oc5ccc(N(C)C)cc5)cc4)c4ccc([nH]4)c(-c4ccc(Oc5ccc(N(C)C)cc5)cc4)c4nc(c(-c5ccc(Oc6ccc(N(C)C)cc6)cc5)c5ccc2[nH]5)C=C4)C=C3)cc1. The first-order chi connectivity index (χ1) is 43.4. The van der Waals surface area contributed by atoms with Crippen LogP contribution in [0.15, 0.2) is 194 Å². The molecule has 0 saturated carbocycles. The van der Waals surface area contributed by atoms with Gasteiger partial charge in [-0.25, -0.2) is 9.97 Å². The topological polar surface area (TPSA) is 104 Å². The third-order valence-electron chi connectivity index (χ3n) is 16.4. The maximum atomic E-state index is 6.75. The van der Waals surface area contributed by atoms with Gasteiger partial charge < -0.3 is 43.6 Å². The fourth-order valence-electron chi connectivity index (χ4n) is 11.6. The summed E-state index contributed by atoms with van der Waals surface area (Å²) < 4.78 is 26.0. The summed E-state index contributed by atoms with van der Waals surface area (Å²) in [4.78, 5) is 25.3. The molecule has 8 bridgehead atoms. The Labute approximate surface area is 523 Å². The van der Waals surface area contributed by atoms with E-state index in [1.807, 2.05) is 115 Å². The molecule has 0 fully saturated rings. The van der Waals surface area contributed by atoms with Crippen LogP contribution in [0.2, 0.25) is 0 Å². The van der Waals surface area contributed by atoms with Gasteiger partial charge in [0.1, 0.15) is 40.2 Å². The van der Waals surface area contributed by atoms with Crippen LogP contribution in [-0.2, 0) is 0 Å². The Kier molecular flexibility index (Phi) is 17.8. The number of nitrogens with one attached hydrogen (secondary N) is 2. The van der Waals surface area contributed by atoms with Crippen LogP contribution >= 0.6 is 0 Å². The number of hydrogen-bond donors (Lipinski definition) is 2. The number of benzene rings is 7. The van der Waals surface area contributed by atoms with Crippen LogP contribution in [0.5, 0.6) is 40.2 Å². The molecule has 10 aromatic rings. The van der Waals surface area contributed by atoms with Gasteiger partial charge in [0.25, 0.3) is 0 Å². The second-order valence-corrected chi connectivity index (χ2v) is 23.4. The summed E-state index contributed by atoms with van der Waals surface area (Å²) in [7, 11) is 12.2. The van der Waals surface area contributed by atoms with Crippen molar-refractivity contribution in [3.05, 3.63) is 217 Å². The molecule has 0 spiro atoms. The Morgan fingerprint density at radius 1 is 0.315 bits per heavy atom. The Morgan fingerprint density at radius 3 is 0.865 bits per heavy atom. The number of aromatic amines is 2. The molecule has 5 heterocycles. The van der Waals surface area contributed by atoms with E-state index in [2.05, 4.69) is 184 Å². The third kappa shape index (κ3) is 13.7. The van der Waals surface area contributed by atoms with Gasteiger partial charge in [-0.1, -0.05) is 88.1 Å². The van der Waals surface area contributed by atoms with Crippen molar-refractivity contribution in [1.82, 2.24) is 19.9 Å². The number of hydrogen-bond acceptors (Lipinski definition) is 9. The minimum atomic E-state index is 0.168. The molecule has 1 atom stereocenters. The lowest BCUT2D eigenvalue weighted by Crippen LogP contribution is -2.16. The predicted octanol–water partition coefficient (Wildman–Crippen LogP) is 20.4. The third-order valence-corrected chi connectivity index (χ3v) is 16.4. The van der Waals surface area contributed by atoms with E-state index in [0.29, 0.717) is 0 Å². The van der Waals surface area contributed by atoms with E-state index >= 15 is 0 Å². The quantitative estimate of drug-likeness (QED) is 0.0642. The lowest BCUT2D eigenvalue weighted by atomic mass is 10.0. The van der Waals surface area contributed by atoms with Crippen molar-refractivity contribution < 1.29 is 18.9 Å². The lowest BCUT2D eigenvalue weighted by Gasteiger charge is -2.19. The van der Waals surface area contributed by atoms with Crippen molar-refractivity contribution in [2.45, 2.75) is 64.9 Å². The molecule has 0 saturated heterocycles.